The van der Waals surface area contributed by atoms with Crippen molar-refractivity contribution in [1.82, 2.24) is 20.6 Å². The SMILES string of the molecule is CCNC(=NCc1cc2ccccc2[nH]1)NCc1sc(C)nc1C.I. The minimum Gasteiger partial charge on any atom is -0.357 e. The van der Waals surface area contributed by atoms with E-state index >= 15 is 0 Å². The second-order valence-corrected chi connectivity index (χ2v) is 6.96. The van der Waals surface area contributed by atoms with Gasteiger partial charge >= 0.3 is 0 Å². The van der Waals surface area contributed by atoms with Crippen LogP contribution in [-0.2, 0) is 13.1 Å². The molecular formula is C18H24IN5S. The lowest BCUT2D eigenvalue weighted by atomic mass is 10.2. The number of aliphatic imine (C=N–C) groups is 1. The first-order valence-electron chi connectivity index (χ1n) is 8.17. The maximum atomic E-state index is 4.68. The molecule has 0 saturated heterocycles. The van der Waals surface area contributed by atoms with Gasteiger partial charge in [0, 0.05) is 22.6 Å². The Morgan fingerprint density at radius 2 is 2.04 bits per heavy atom. The molecule has 1 aromatic carbocycles. The number of nitrogens with one attached hydrogen (secondary N) is 3. The largest absolute Gasteiger partial charge is 0.357 e. The van der Waals surface area contributed by atoms with E-state index in [1.165, 1.54) is 10.3 Å². The van der Waals surface area contributed by atoms with E-state index in [0.29, 0.717) is 6.54 Å². The van der Waals surface area contributed by atoms with E-state index in [2.05, 4.69) is 57.6 Å². The van der Waals surface area contributed by atoms with Gasteiger partial charge in [-0.25, -0.2) is 9.98 Å². The number of hydrogen-bond donors (Lipinski definition) is 3. The number of H-pyrrole nitrogens is 1. The van der Waals surface area contributed by atoms with Gasteiger partial charge in [0.1, 0.15) is 0 Å². The molecule has 25 heavy (non-hydrogen) atoms. The molecular weight excluding hydrogens is 445 g/mol. The van der Waals surface area contributed by atoms with Crippen LogP contribution in [0.25, 0.3) is 10.9 Å². The highest BCUT2D eigenvalue weighted by Gasteiger charge is 2.06. The van der Waals surface area contributed by atoms with Crippen molar-refractivity contribution >= 4 is 52.2 Å². The number of thiazole rings is 1. The Morgan fingerprint density at radius 3 is 2.72 bits per heavy atom. The van der Waals surface area contributed by atoms with E-state index in [0.717, 1.165) is 41.0 Å². The smallest absolute Gasteiger partial charge is 0.191 e. The predicted molar refractivity (Wildman–Crippen MR) is 117 cm³/mol. The quantitative estimate of drug-likeness (QED) is 0.299. The first-order chi connectivity index (χ1) is 11.7. The van der Waals surface area contributed by atoms with E-state index in [1.807, 2.05) is 19.1 Å². The molecule has 0 aliphatic carbocycles. The number of benzene rings is 1. The van der Waals surface area contributed by atoms with Gasteiger partial charge in [-0.1, -0.05) is 18.2 Å². The van der Waals surface area contributed by atoms with Crippen LogP contribution < -0.4 is 10.6 Å². The Morgan fingerprint density at radius 1 is 1.24 bits per heavy atom. The fourth-order valence-corrected chi connectivity index (χ4v) is 3.50. The summed E-state index contributed by atoms with van der Waals surface area (Å²) in [5, 5.41) is 9.00. The number of aromatic amines is 1. The first-order valence-corrected chi connectivity index (χ1v) is 8.99. The molecule has 0 atom stereocenters. The Hall–Kier alpha value is -1.61. The Balaban J connectivity index is 0.00000225. The van der Waals surface area contributed by atoms with Crippen LogP contribution in [-0.4, -0.2) is 22.5 Å². The number of para-hydroxylation sites is 1. The third-order valence-electron chi connectivity index (χ3n) is 3.75. The van der Waals surface area contributed by atoms with Crippen LogP contribution in [0.3, 0.4) is 0 Å². The molecule has 134 valence electrons. The van der Waals surface area contributed by atoms with Crippen molar-refractivity contribution in [3.8, 4) is 0 Å². The maximum absolute atomic E-state index is 4.68. The fraction of sp³-hybridized carbons (Fsp3) is 0.333. The molecule has 0 aliphatic rings. The molecule has 3 rings (SSSR count). The van der Waals surface area contributed by atoms with Crippen LogP contribution in [0.5, 0.6) is 0 Å². The van der Waals surface area contributed by atoms with Gasteiger partial charge in [0.15, 0.2) is 5.96 Å². The van der Waals surface area contributed by atoms with Crippen molar-refractivity contribution in [1.29, 1.82) is 0 Å². The van der Waals surface area contributed by atoms with Crippen molar-refractivity contribution in [3.63, 3.8) is 0 Å². The van der Waals surface area contributed by atoms with E-state index in [4.69, 9.17) is 0 Å². The lowest BCUT2D eigenvalue weighted by molar-refractivity contribution is 0.816. The normalized spacial score (nSPS) is 11.4. The van der Waals surface area contributed by atoms with Crippen LogP contribution in [0, 0.1) is 13.8 Å². The number of guanidine groups is 1. The summed E-state index contributed by atoms with van der Waals surface area (Å²) in [4.78, 5) is 13.8. The summed E-state index contributed by atoms with van der Waals surface area (Å²) in [5.41, 5.74) is 3.35. The van der Waals surface area contributed by atoms with Crippen molar-refractivity contribution in [2.75, 3.05) is 6.54 Å². The number of aryl methyl sites for hydroxylation is 2. The molecule has 0 bridgehead atoms. The zero-order valence-corrected chi connectivity index (χ0v) is 17.9. The zero-order chi connectivity index (χ0) is 16.9. The molecule has 0 saturated carbocycles. The number of nitrogens with zero attached hydrogens (tertiary/aromatic N) is 2. The monoisotopic (exact) mass is 469 g/mol. The van der Waals surface area contributed by atoms with Gasteiger partial charge in [0.2, 0.25) is 0 Å². The average molecular weight is 469 g/mol. The number of aromatic nitrogens is 2. The molecule has 0 radical (unpaired) electrons. The highest BCUT2D eigenvalue weighted by molar-refractivity contribution is 14.0. The first kappa shape index (κ1) is 19.7. The van der Waals surface area contributed by atoms with Gasteiger partial charge in [0.25, 0.3) is 0 Å². The summed E-state index contributed by atoms with van der Waals surface area (Å²) in [7, 11) is 0. The second kappa shape index (κ2) is 9.19. The number of halogens is 1. The van der Waals surface area contributed by atoms with Crippen molar-refractivity contribution in [3.05, 3.63) is 51.6 Å². The third-order valence-corrected chi connectivity index (χ3v) is 4.83. The van der Waals surface area contributed by atoms with E-state index in [-0.39, 0.29) is 24.0 Å². The molecule has 3 N–H and O–H groups in total. The van der Waals surface area contributed by atoms with Crippen LogP contribution in [0.1, 0.15) is 28.2 Å². The van der Waals surface area contributed by atoms with E-state index in [9.17, 15) is 0 Å². The molecule has 3 aromatic rings. The molecule has 5 nitrogen and oxygen atoms in total. The summed E-state index contributed by atoms with van der Waals surface area (Å²) in [6.07, 6.45) is 0. The summed E-state index contributed by atoms with van der Waals surface area (Å²) in [6, 6.07) is 10.4. The highest BCUT2D eigenvalue weighted by Crippen LogP contribution is 2.17. The summed E-state index contributed by atoms with van der Waals surface area (Å²) >= 11 is 1.73. The molecule has 2 aromatic heterocycles. The summed E-state index contributed by atoms with van der Waals surface area (Å²) < 4.78 is 0. The van der Waals surface area contributed by atoms with Crippen LogP contribution in [0.15, 0.2) is 35.3 Å². The Bertz CT molecular complexity index is 819. The minimum absolute atomic E-state index is 0. The third kappa shape index (κ3) is 5.18. The van der Waals surface area contributed by atoms with Gasteiger partial charge in [-0.15, -0.1) is 35.3 Å². The topological polar surface area (TPSA) is 65.1 Å². The van der Waals surface area contributed by atoms with Crippen LogP contribution >= 0.6 is 35.3 Å². The standard InChI is InChI=1S/C18H23N5S.HI/c1-4-19-18(21-11-17-12(2)22-13(3)24-17)20-10-15-9-14-7-5-6-8-16(14)23-15;/h5-9,23H,4,10-11H2,1-3H3,(H2,19,20,21);1H. The maximum Gasteiger partial charge on any atom is 0.191 e. The molecule has 0 spiro atoms. The van der Waals surface area contributed by atoms with Gasteiger partial charge in [0.05, 0.1) is 23.8 Å². The van der Waals surface area contributed by atoms with E-state index in [1.54, 1.807) is 11.3 Å². The van der Waals surface area contributed by atoms with Crippen molar-refractivity contribution in [2.45, 2.75) is 33.9 Å². The van der Waals surface area contributed by atoms with Gasteiger partial charge < -0.3 is 15.6 Å². The Kier molecular flexibility index (Phi) is 7.24. The lowest BCUT2D eigenvalue weighted by Gasteiger charge is -2.10. The molecule has 0 fully saturated rings. The number of hydrogen-bond acceptors (Lipinski definition) is 3. The fourth-order valence-electron chi connectivity index (χ4n) is 2.63. The van der Waals surface area contributed by atoms with Gasteiger partial charge in [-0.05, 0) is 38.3 Å². The lowest BCUT2D eigenvalue weighted by Crippen LogP contribution is -2.36. The molecule has 2 heterocycles. The van der Waals surface area contributed by atoms with Gasteiger partial charge in [-0.2, -0.15) is 0 Å². The van der Waals surface area contributed by atoms with E-state index < -0.39 is 0 Å². The molecule has 7 heteroatoms. The number of fused-ring (bicyclic) bond motifs is 1. The highest BCUT2D eigenvalue weighted by atomic mass is 127. The average Bonchev–Trinajstić information content (AvgIpc) is 3.12. The molecule has 0 amide bonds. The number of rotatable bonds is 5. The van der Waals surface area contributed by atoms with Crippen LogP contribution in [0.2, 0.25) is 0 Å². The molecule has 0 aliphatic heterocycles. The summed E-state index contributed by atoms with van der Waals surface area (Å²) in [5.74, 6) is 0.821. The molecule has 0 unspecified atom stereocenters. The van der Waals surface area contributed by atoms with Gasteiger partial charge in [-0.3, -0.25) is 0 Å². The zero-order valence-electron chi connectivity index (χ0n) is 14.7. The predicted octanol–water partition coefficient (Wildman–Crippen LogP) is 4.11. The summed E-state index contributed by atoms with van der Waals surface area (Å²) in [6.45, 7) is 8.35. The second-order valence-electron chi connectivity index (χ2n) is 5.67. The Labute approximate surface area is 169 Å². The van der Waals surface area contributed by atoms with Crippen molar-refractivity contribution in [2.24, 2.45) is 4.99 Å². The minimum atomic E-state index is 0. The van der Waals surface area contributed by atoms with Crippen molar-refractivity contribution < 1.29 is 0 Å². The van der Waals surface area contributed by atoms with Crippen LogP contribution in [0.4, 0.5) is 0 Å².